The zero-order valence-electron chi connectivity index (χ0n) is 14.6. The first-order valence-electron chi connectivity index (χ1n) is 7.86. The van der Waals surface area contributed by atoms with Crippen molar-refractivity contribution in [1.82, 2.24) is 4.57 Å². The number of aromatic nitrogens is 1. The molecule has 26 heavy (non-hydrogen) atoms. The maximum atomic E-state index is 14.3. The van der Waals surface area contributed by atoms with Crippen LogP contribution >= 0.6 is 15.9 Å². The lowest BCUT2D eigenvalue weighted by molar-refractivity contribution is -0.146. The minimum Gasteiger partial charge on any atom is -0.465 e. The molecular weight excluding hydrogens is 429 g/mol. The first-order chi connectivity index (χ1) is 12.0. The van der Waals surface area contributed by atoms with Gasteiger partial charge in [0.25, 0.3) is 5.56 Å². The number of carbonyl (C=O) groups excluding carboxylic acids is 1. The van der Waals surface area contributed by atoms with Crippen molar-refractivity contribution in [3.63, 3.8) is 0 Å². The Bertz CT molecular complexity index is 1020. The van der Waals surface area contributed by atoms with Gasteiger partial charge < -0.3 is 9.30 Å². The van der Waals surface area contributed by atoms with E-state index in [9.17, 15) is 22.4 Å². The highest BCUT2D eigenvalue weighted by atomic mass is 79.9. The van der Waals surface area contributed by atoms with Crippen LogP contribution in [0.15, 0.2) is 33.7 Å². The van der Waals surface area contributed by atoms with E-state index in [1.54, 1.807) is 13.0 Å². The minimum absolute atomic E-state index is 0.0311. The van der Waals surface area contributed by atoms with Crippen LogP contribution in [0.2, 0.25) is 0 Å². The van der Waals surface area contributed by atoms with Crippen LogP contribution in [0.1, 0.15) is 20.3 Å². The Balaban J connectivity index is 2.45. The number of sulfone groups is 1. The van der Waals surface area contributed by atoms with Crippen LogP contribution in [-0.2, 0) is 25.9 Å². The molecule has 1 heterocycles. The molecule has 0 aliphatic heterocycles. The van der Waals surface area contributed by atoms with E-state index in [0.29, 0.717) is 4.47 Å². The summed E-state index contributed by atoms with van der Waals surface area (Å²) in [5, 5.41) is 0.335. The van der Waals surface area contributed by atoms with Crippen LogP contribution in [0.3, 0.4) is 0 Å². The fourth-order valence-corrected chi connectivity index (χ4v) is 3.73. The van der Waals surface area contributed by atoms with E-state index >= 15 is 0 Å². The molecule has 0 saturated carbocycles. The van der Waals surface area contributed by atoms with Gasteiger partial charge in [0.15, 0.2) is 14.6 Å². The van der Waals surface area contributed by atoms with Crippen molar-refractivity contribution in [3.05, 3.63) is 45.0 Å². The smallest absolute Gasteiger partial charge is 0.327 e. The number of carbonyl (C=O) groups is 1. The van der Waals surface area contributed by atoms with Crippen molar-refractivity contribution in [1.29, 1.82) is 0 Å². The molecule has 0 spiro atoms. The Morgan fingerprint density at radius 1 is 1.35 bits per heavy atom. The molecule has 0 saturated heterocycles. The fourth-order valence-electron chi connectivity index (χ4n) is 2.54. The third-order valence-corrected chi connectivity index (χ3v) is 6.86. The number of hydrogen-bond acceptors (Lipinski definition) is 5. The van der Waals surface area contributed by atoms with Gasteiger partial charge >= 0.3 is 5.97 Å². The standard InChI is InChI=1S/C17H19BrFNO5S/c1-4-25-16(22)17(2,26(3,23)24)7-8-20-10-14(19)13-9-11(18)5-6-12(13)15(20)21/h5-6,9-10H,4,7-8H2,1-3H3. The zero-order valence-corrected chi connectivity index (χ0v) is 17.0. The Labute approximate surface area is 159 Å². The Morgan fingerprint density at radius 2 is 2.00 bits per heavy atom. The van der Waals surface area contributed by atoms with Gasteiger partial charge in [-0.3, -0.25) is 9.59 Å². The first kappa shape index (κ1) is 20.6. The van der Waals surface area contributed by atoms with Crippen LogP contribution in [-0.4, -0.2) is 36.6 Å². The largest absolute Gasteiger partial charge is 0.465 e. The van der Waals surface area contributed by atoms with Crippen molar-refractivity contribution < 1.29 is 22.3 Å². The maximum Gasteiger partial charge on any atom is 0.327 e. The van der Waals surface area contributed by atoms with Gasteiger partial charge in [0.2, 0.25) is 0 Å². The first-order valence-corrected chi connectivity index (χ1v) is 10.5. The van der Waals surface area contributed by atoms with Gasteiger partial charge in [0, 0.05) is 28.9 Å². The monoisotopic (exact) mass is 447 g/mol. The molecule has 1 aromatic heterocycles. The van der Waals surface area contributed by atoms with E-state index < -0.39 is 31.9 Å². The number of hydrogen-bond donors (Lipinski definition) is 0. The van der Waals surface area contributed by atoms with Crippen molar-refractivity contribution >= 4 is 42.5 Å². The summed E-state index contributed by atoms with van der Waals surface area (Å²) in [7, 11) is -3.82. The topological polar surface area (TPSA) is 82.4 Å². The van der Waals surface area contributed by atoms with Gasteiger partial charge in [-0.05, 0) is 38.5 Å². The molecular formula is C17H19BrFNO5S. The molecule has 142 valence electrons. The SMILES string of the molecule is CCOC(=O)C(C)(CCn1cc(F)c2cc(Br)ccc2c1=O)S(C)(=O)=O. The predicted molar refractivity (Wildman–Crippen MR) is 100 cm³/mol. The maximum absolute atomic E-state index is 14.3. The summed E-state index contributed by atoms with van der Waals surface area (Å²) >= 11 is 3.23. The number of rotatable bonds is 6. The zero-order chi connectivity index (χ0) is 19.7. The highest BCUT2D eigenvalue weighted by Crippen LogP contribution is 2.25. The third-order valence-electron chi connectivity index (χ3n) is 4.35. The lowest BCUT2D eigenvalue weighted by atomic mass is 10.1. The molecule has 0 bridgehead atoms. The normalized spacial score (nSPS) is 14.2. The van der Waals surface area contributed by atoms with Crippen molar-refractivity contribution in [3.8, 4) is 0 Å². The lowest BCUT2D eigenvalue weighted by Crippen LogP contribution is -2.45. The number of halogens is 2. The summed E-state index contributed by atoms with van der Waals surface area (Å²) in [6.45, 7) is 2.70. The van der Waals surface area contributed by atoms with Gasteiger partial charge in [0.1, 0.15) is 5.82 Å². The van der Waals surface area contributed by atoms with Crippen molar-refractivity contribution in [2.24, 2.45) is 0 Å². The second-order valence-electron chi connectivity index (χ2n) is 6.14. The summed E-state index contributed by atoms with van der Waals surface area (Å²) in [6, 6.07) is 4.60. The molecule has 9 heteroatoms. The van der Waals surface area contributed by atoms with E-state index in [1.807, 2.05) is 0 Å². The molecule has 0 N–H and O–H groups in total. The summed E-state index contributed by atoms with van der Waals surface area (Å²) in [5.41, 5.74) is -0.464. The quantitative estimate of drug-likeness (QED) is 0.635. The van der Waals surface area contributed by atoms with E-state index in [2.05, 4.69) is 15.9 Å². The number of benzene rings is 1. The number of pyridine rings is 1. The second-order valence-corrected chi connectivity index (χ2v) is 9.50. The lowest BCUT2D eigenvalue weighted by Gasteiger charge is -2.25. The molecule has 1 unspecified atom stereocenters. The van der Waals surface area contributed by atoms with E-state index in [-0.39, 0.29) is 30.3 Å². The average molecular weight is 448 g/mol. The molecule has 1 atom stereocenters. The Morgan fingerprint density at radius 3 is 2.58 bits per heavy atom. The highest BCUT2D eigenvalue weighted by Gasteiger charge is 2.44. The molecule has 0 radical (unpaired) electrons. The molecule has 0 aliphatic carbocycles. The molecule has 0 aliphatic rings. The summed E-state index contributed by atoms with van der Waals surface area (Å²) in [5.74, 6) is -1.50. The molecule has 1 aromatic carbocycles. The van der Waals surface area contributed by atoms with Gasteiger partial charge in [-0.2, -0.15) is 0 Å². The number of ether oxygens (including phenoxy) is 1. The number of fused-ring (bicyclic) bond motifs is 1. The van der Waals surface area contributed by atoms with Crippen LogP contribution in [0.5, 0.6) is 0 Å². The average Bonchev–Trinajstić information content (AvgIpc) is 2.55. The van der Waals surface area contributed by atoms with Crippen LogP contribution in [0, 0.1) is 5.82 Å². The van der Waals surface area contributed by atoms with Crippen LogP contribution in [0.4, 0.5) is 4.39 Å². The second kappa shape index (κ2) is 7.48. The van der Waals surface area contributed by atoms with Crippen LogP contribution < -0.4 is 5.56 Å². The third kappa shape index (κ3) is 3.83. The summed E-state index contributed by atoms with van der Waals surface area (Å²) < 4.78 is 43.4. The fraction of sp³-hybridized carbons (Fsp3) is 0.412. The molecule has 0 amide bonds. The van der Waals surface area contributed by atoms with E-state index in [4.69, 9.17) is 4.74 Å². The number of nitrogens with zero attached hydrogens (tertiary/aromatic N) is 1. The van der Waals surface area contributed by atoms with Gasteiger partial charge in [-0.25, -0.2) is 12.8 Å². The molecule has 2 aromatic rings. The molecule has 6 nitrogen and oxygen atoms in total. The van der Waals surface area contributed by atoms with E-state index in [1.165, 1.54) is 19.1 Å². The minimum atomic E-state index is -3.82. The highest BCUT2D eigenvalue weighted by molar-refractivity contribution is 9.10. The molecule has 2 rings (SSSR count). The number of aryl methyl sites for hydroxylation is 1. The van der Waals surface area contributed by atoms with Gasteiger partial charge in [-0.1, -0.05) is 15.9 Å². The number of esters is 1. The van der Waals surface area contributed by atoms with Gasteiger partial charge in [-0.15, -0.1) is 0 Å². The van der Waals surface area contributed by atoms with Crippen molar-refractivity contribution in [2.45, 2.75) is 31.6 Å². The van der Waals surface area contributed by atoms with E-state index in [0.717, 1.165) is 17.0 Å². The summed E-state index contributed by atoms with van der Waals surface area (Å²) in [6.07, 6.45) is 1.74. The Kier molecular flexibility index (Phi) is 5.92. The molecule has 0 fully saturated rings. The summed E-state index contributed by atoms with van der Waals surface area (Å²) in [4.78, 5) is 24.7. The Hall–Kier alpha value is -1.74. The van der Waals surface area contributed by atoms with Crippen LogP contribution in [0.25, 0.3) is 10.8 Å². The predicted octanol–water partition coefficient (Wildman–Crippen LogP) is 2.66. The van der Waals surface area contributed by atoms with Crippen molar-refractivity contribution in [2.75, 3.05) is 12.9 Å². The van der Waals surface area contributed by atoms with Gasteiger partial charge in [0.05, 0.1) is 12.0 Å².